The lowest BCUT2D eigenvalue weighted by Crippen LogP contribution is -2.26. The Bertz CT molecular complexity index is 357. The van der Waals surface area contributed by atoms with Crippen LogP contribution in [0.3, 0.4) is 0 Å². The first-order chi connectivity index (χ1) is 8.20. The minimum atomic E-state index is 0.0779. The number of rotatable bonds is 8. The fraction of sp³-hybridized carbons (Fsp3) is 0.643. The van der Waals surface area contributed by atoms with Crippen LogP contribution in [0.2, 0.25) is 0 Å². The summed E-state index contributed by atoms with van der Waals surface area (Å²) in [5.74, 6) is 0.804. The van der Waals surface area contributed by atoms with Gasteiger partial charge in [0.1, 0.15) is 0 Å². The minimum absolute atomic E-state index is 0.0779. The first-order valence-electron chi connectivity index (χ1n) is 6.56. The van der Waals surface area contributed by atoms with Crippen LogP contribution in [0.4, 0.5) is 0 Å². The molecule has 3 nitrogen and oxygen atoms in total. The van der Waals surface area contributed by atoms with Crippen molar-refractivity contribution >= 4 is 0 Å². The van der Waals surface area contributed by atoms with Crippen LogP contribution in [-0.4, -0.2) is 17.7 Å². The van der Waals surface area contributed by atoms with E-state index in [1.165, 1.54) is 19.3 Å². The third kappa shape index (κ3) is 6.27. The third-order valence-electron chi connectivity index (χ3n) is 2.81. The SMILES string of the molecule is CC(C)CCCCNCCn1ccccc1=O. The predicted octanol–water partition coefficient (Wildman–Crippen LogP) is 2.26. The van der Waals surface area contributed by atoms with E-state index in [0.717, 1.165) is 25.6 Å². The van der Waals surface area contributed by atoms with Crippen LogP contribution in [0.1, 0.15) is 33.1 Å². The van der Waals surface area contributed by atoms with Crippen LogP contribution in [0.25, 0.3) is 0 Å². The van der Waals surface area contributed by atoms with E-state index in [-0.39, 0.29) is 5.56 Å². The van der Waals surface area contributed by atoms with Crippen molar-refractivity contribution in [2.24, 2.45) is 5.92 Å². The van der Waals surface area contributed by atoms with Gasteiger partial charge in [-0.05, 0) is 24.9 Å². The normalized spacial score (nSPS) is 11.0. The van der Waals surface area contributed by atoms with Crippen LogP contribution in [-0.2, 0) is 6.54 Å². The molecule has 0 aromatic carbocycles. The van der Waals surface area contributed by atoms with Crippen LogP contribution in [0.15, 0.2) is 29.2 Å². The highest BCUT2D eigenvalue weighted by Crippen LogP contribution is 2.04. The monoisotopic (exact) mass is 236 g/mol. The topological polar surface area (TPSA) is 34.0 Å². The molecule has 0 aliphatic rings. The molecule has 1 rings (SSSR count). The number of nitrogens with zero attached hydrogens (tertiary/aromatic N) is 1. The lowest BCUT2D eigenvalue weighted by Gasteiger charge is -2.07. The van der Waals surface area contributed by atoms with E-state index in [9.17, 15) is 4.79 Å². The first-order valence-corrected chi connectivity index (χ1v) is 6.56. The van der Waals surface area contributed by atoms with Gasteiger partial charge in [0.05, 0.1) is 0 Å². The van der Waals surface area contributed by atoms with Gasteiger partial charge in [-0.2, -0.15) is 0 Å². The molecule has 96 valence electrons. The Morgan fingerprint density at radius 1 is 1.24 bits per heavy atom. The molecule has 0 amide bonds. The summed E-state index contributed by atoms with van der Waals surface area (Å²) in [6.07, 6.45) is 5.65. The molecule has 0 saturated carbocycles. The van der Waals surface area contributed by atoms with E-state index in [4.69, 9.17) is 0 Å². The highest BCUT2D eigenvalue weighted by Gasteiger charge is 1.95. The minimum Gasteiger partial charge on any atom is -0.315 e. The van der Waals surface area contributed by atoms with E-state index in [0.29, 0.717) is 0 Å². The Labute approximate surface area is 104 Å². The molecule has 0 radical (unpaired) electrons. The van der Waals surface area contributed by atoms with Gasteiger partial charge in [0, 0.05) is 25.4 Å². The molecule has 3 heteroatoms. The van der Waals surface area contributed by atoms with Gasteiger partial charge in [0.2, 0.25) is 0 Å². The molecule has 0 saturated heterocycles. The van der Waals surface area contributed by atoms with Crippen LogP contribution in [0, 0.1) is 5.92 Å². The summed E-state index contributed by atoms with van der Waals surface area (Å²) in [6, 6.07) is 5.27. The van der Waals surface area contributed by atoms with E-state index in [2.05, 4.69) is 19.2 Å². The zero-order chi connectivity index (χ0) is 12.5. The molecule has 0 atom stereocenters. The summed E-state index contributed by atoms with van der Waals surface area (Å²) in [5.41, 5.74) is 0.0779. The van der Waals surface area contributed by atoms with Gasteiger partial charge < -0.3 is 9.88 Å². The predicted molar refractivity (Wildman–Crippen MR) is 72.3 cm³/mol. The van der Waals surface area contributed by atoms with Crippen LogP contribution >= 0.6 is 0 Å². The van der Waals surface area contributed by atoms with Gasteiger partial charge >= 0.3 is 0 Å². The highest BCUT2D eigenvalue weighted by atomic mass is 16.1. The quantitative estimate of drug-likeness (QED) is 0.703. The van der Waals surface area contributed by atoms with Gasteiger partial charge in [-0.1, -0.05) is 32.8 Å². The summed E-state index contributed by atoms with van der Waals surface area (Å²) in [4.78, 5) is 11.4. The molecule has 0 fully saturated rings. The third-order valence-corrected chi connectivity index (χ3v) is 2.81. The van der Waals surface area contributed by atoms with Gasteiger partial charge in [0.25, 0.3) is 5.56 Å². The second-order valence-electron chi connectivity index (χ2n) is 4.87. The Morgan fingerprint density at radius 3 is 2.76 bits per heavy atom. The van der Waals surface area contributed by atoms with E-state index < -0.39 is 0 Å². The standard InChI is InChI=1S/C14H24N2O/c1-13(2)7-3-5-9-15-10-12-16-11-6-4-8-14(16)17/h4,6,8,11,13,15H,3,5,7,9-10,12H2,1-2H3. The molecule has 0 unspecified atom stereocenters. The molecule has 0 aliphatic heterocycles. The second kappa shape index (κ2) is 8.07. The molecule has 0 spiro atoms. The average Bonchev–Trinajstić information content (AvgIpc) is 2.30. The van der Waals surface area contributed by atoms with Crippen LogP contribution in [0.5, 0.6) is 0 Å². The van der Waals surface area contributed by atoms with E-state index >= 15 is 0 Å². The van der Waals surface area contributed by atoms with Gasteiger partial charge in [-0.25, -0.2) is 0 Å². The van der Waals surface area contributed by atoms with E-state index in [1.807, 2.05) is 12.3 Å². The van der Waals surface area contributed by atoms with Crippen LogP contribution < -0.4 is 10.9 Å². The highest BCUT2D eigenvalue weighted by molar-refractivity contribution is 4.93. The first kappa shape index (κ1) is 14.0. The maximum atomic E-state index is 11.4. The van der Waals surface area contributed by atoms with Crippen molar-refractivity contribution in [2.75, 3.05) is 13.1 Å². The summed E-state index contributed by atoms with van der Waals surface area (Å²) < 4.78 is 1.74. The number of hydrogen-bond donors (Lipinski definition) is 1. The zero-order valence-corrected chi connectivity index (χ0v) is 11.0. The zero-order valence-electron chi connectivity index (χ0n) is 11.0. The fourth-order valence-corrected chi connectivity index (χ4v) is 1.77. The Balaban J connectivity index is 2.05. The second-order valence-corrected chi connectivity index (χ2v) is 4.87. The lowest BCUT2D eigenvalue weighted by atomic mass is 10.1. The van der Waals surface area contributed by atoms with Crippen molar-refractivity contribution in [2.45, 2.75) is 39.7 Å². The van der Waals surface area contributed by atoms with Crippen molar-refractivity contribution in [3.8, 4) is 0 Å². The smallest absolute Gasteiger partial charge is 0.250 e. The largest absolute Gasteiger partial charge is 0.315 e. The lowest BCUT2D eigenvalue weighted by molar-refractivity contribution is 0.510. The van der Waals surface area contributed by atoms with Crippen molar-refractivity contribution in [3.63, 3.8) is 0 Å². The average molecular weight is 236 g/mol. The van der Waals surface area contributed by atoms with Gasteiger partial charge in [0.15, 0.2) is 0 Å². The Morgan fingerprint density at radius 2 is 2.06 bits per heavy atom. The van der Waals surface area contributed by atoms with Crippen molar-refractivity contribution in [1.29, 1.82) is 0 Å². The molecular weight excluding hydrogens is 212 g/mol. The summed E-state index contributed by atoms with van der Waals surface area (Å²) in [6.45, 7) is 7.19. The number of pyridine rings is 1. The summed E-state index contributed by atoms with van der Waals surface area (Å²) in [7, 11) is 0. The number of aromatic nitrogens is 1. The number of nitrogens with one attached hydrogen (secondary N) is 1. The Kier molecular flexibility index (Phi) is 6.63. The van der Waals surface area contributed by atoms with Crippen molar-refractivity contribution < 1.29 is 0 Å². The fourth-order valence-electron chi connectivity index (χ4n) is 1.77. The van der Waals surface area contributed by atoms with Gasteiger partial charge in [-0.3, -0.25) is 4.79 Å². The molecule has 0 aliphatic carbocycles. The molecular formula is C14H24N2O. The summed E-state index contributed by atoms with van der Waals surface area (Å²) in [5, 5.41) is 3.38. The van der Waals surface area contributed by atoms with Crippen molar-refractivity contribution in [1.82, 2.24) is 9.88 Å². The maximum absolute atomic E-state index is 11.4. The molecule has 1 aromatic rings. The van der Waals surface area contributed by atoms with E-state index in [1.54, 1.807) is 16.7 Å². The number of unbranched alkanes of at least 4 members (excludes halogenated alkanes) is 1. The van der Waals surface area contributed by atoms with Gasteiger partial charge in [-0.15, -0.1) is 0 Å². The molecule has 1 aromatic heterocycles. The molecule has 1 heterocycles. The van der Waals surface area contributed by atoms with Crippen molar-refractivity contribution in [3.05, 3.63) is 34.7 Å². The number of hydrogen-bond acceptors (Lipinski definition) is 2. The molecule has 0 bridgehead atoms. The molecule has 17 heavy (non-hydrogen) atoms. The maximum Gasteiger partial charge on any atom is 0.250 e. The summed E-state index contributed by atoms with van der Waals surface area (Å²) >= 11 is 0. The Hall–Kier alpha value is -1.09. The molecule has 1 N–H and O–H groups in total.